The van der Waals surface area contributed by atoms with Crippen LogP contribution in [0.4, 0.5) is 4.79 Å². The van der Waals surface area contributed by atoms with Crippen molar-refractivity contribution in [3.05, 3.63) is 29.8 Å². The van der Waals surface area contributed by atoms with Crippen LogP contribution < -0.4 is 15.4 Å². The number of likely N-dealkylation sites (tertiary alicyclic amines) is 1. The minimum absolute atomic E-state index is 0.0488. The van der Waals surface area contributed by atoms with Gasteiger partial charge in [-0.25, -0.2) is 4.79 Å². The Labute approximate surface area is 168 Å². The topological polar surface area (TPSA) is 70.7 Å². The van der Waals surface area contributed by atoms with E-state index in [1.165, 1.54) is 19.3 Å². The fourth-order valence-corrected chi connectivity index (χ4v) is 3.93. The lowest BCUT2D eigenvalue weighted by atomic mass is 9.95. The van der Waals surface area contributed by atoms with Crippen molar-refractivity contribution in [1.82, 2.24) is 15.5 Å². The molecule has 3 amide bonds. The molecule has 2 N–H and O–H groups in total. The summed E-state index contributed by atoms with van der Waals surface area (Å²) in [4.78, 5) is 26.7. The third-order valence-electron chi connectivity index (χ3n) is 5.76. The zero-order chi connectivity index (χ0) is 19.9. The highest BCUT2D eigenvalue weighted by atomic mass is 16.5. The molecule has 2 fully saturated rings. The van der Waals surface area contributed by atoms with Crippen molar-refractivity contribution in [3.63, 3.8) is 0 Å². The van der Waals surface area contributed by atoms with Gasteiger partial charge in [-0.3, -0.25) is 4.79 Å². The summed E-state index contributed by atoms with van der Waals surface area (Å²) in [6.45, 7) is 5.14. The van der Waals surface area contributed by atoms with E-state index in [1.54, 1.807) is 6.92 Å². The van der Waals surface area contributed by atoms with E-state index in [0.717, 1.165) is 31.2 Å². The number of benzene rings is 1. The molecule has 154 valence electrons. The molecule has 1 aliphatic heterocycles. The number of urea groups is 1. The average molecular weight is 388 g/mol. The first-order chi connectivity index (χ1) is 13.5. The number of nitrogens with one attached hydrogen (secondary N) is 2. The molecule has 2 aliphatic rings. The Balaban J connectivity index is 1.38. The van der Waals surface area contributed by atoms with Crippen LogP contribution in [-0.4, -0.2) is 48.1 Å². The monoisotopic (exact) mass is 387 g/mol. The van der Waals surface area contributed by atoms with E-state index < -0.39 is 6.10 Å². The maximum absolute atomic E-state index is 12.4. The Kier molecular flexibility index (Phi) is 7.18. The number of hydrogen-bond donors (Lipinski definition) is 2. The molecule has 28 heavy (non-hydrogen) atoms. The molecule has 0 bridgehead atoms. The Morgan fingerprint density at radius 2 is 1.57 bits per heavy atom. The number of ether oxygens (including phenoxy) is 1. The van der Waals surface area contributed by atoms with Crippen molar-refractivity contribution >= 4 is 11.9 Å². The molecule has 3 rings (SSSR count). The molecular weight excluding hydrogens is 354 g/mol. The number of rotatable bonds is 5. The summed E-state index contributed by atoms with van der Waals surface area (Å²) >= 11 is 0. The molecule has 1 saturated heterocycles. The third kappa shape index (κ3) is 5.88. The highest BCUT2D eigenvalue weighted by Crippen LogP contribution is 2.19. The van der Waals surface area contributed by atoms with Crippen LogP contribution in [0.1, 0.15) is 57.4 Å². The van der Waals surface area contributed by atoms with Gasteiger partial charge in [0.2, 0.25) is 0 Å². The second-order valence-corrected chi connectivity index (χ2v) is 8.13. The van der Waals surface area contributed by atoms with Crippen LogP contribution in [0.5, 0.6) is 5.75 Å². The lowest BCUT2D eigenvalue weighted by Crippen LogP contribution is -2.52. The van der Waals surface area contributed by atoms with Crippen molar-refractivity contribution in [3.8, 4) is 5.75 Å². The van der Waals surface area contributed by atoms with Crippen molar-refractivity contribution in [2.24, 2.45) is 0 Å². The predicted octanol–water partition coefficient (Wildman–Crippen LogP) is 3.39. The first-order valence-electron chi connectivity index (χ1n) is 10.6. The van der Waals surface area contributed by atoms with Gasteiger partial charge in [-0.15, -0.1) is 0 Å². The molecule has 0 spiro atoms. The van der Waals surface area contributed by atoms with Crippen molar-refractivity contribution in [2.45, 2.75) is 77.0 Å². The standard InChI is InChI=1S/C22H33N3O3/c1-16-8-10-20(11-9-16)28-17(2)21(26)23-19-12-14-25(15-13-19)22(27)24-18-6-4-3-5-7-18/h8-11,17-19H,3-7,12-15H2,1-2H3,(H,23,26)(H,24,27). The largest absolute Gasteiger partial charge is 0.481 e. The number of carbonyl (C=O) groups excluding carboxylic acids is 2. The lowest BCUT2D eigenvalue weighted by Gasteiger charge is -2.34. The number of nitrogens with zero attached hydrogens (tertiary/aromatic N) is 1. The van der Waals surface area contributed by atoms with Gasteiger partial charge in [-0.05, 0) is 51.7 Å². The predicted molar refractivity (Wildman–Crippen MR) is 109 cm³/mol. The molecular formula is C22H33N3O3. The third-order valence-corrected chi connectivity index (χ3v) is 5.76. The Bertz CT molecular complexity index is 647. The molecule has 1 aliphatic carbocycles. The molecule has 1 unspecified atom stereocenters. The van der Waals surface area contributed by atoms with Gasteiger partial charge in [-0.1, -0.05) is 37.0 Å². The second-order valence-electron chi connectivity index (χ2n) is 8.13. The van der Waals surface area contributed by atoms with Gasteiger partial charge in [0.05, 0.1) is 0 Å². The molecule has 1 saturated carbocycles. The van der Waals surface area contributed by atoms with Crippen molar-refractivity contribution in [2.75, 3.05) is 13.1 Å². The average Bonchev–Trinajstić information content (AvgIpc) is 2.71. The van der Waals surface area contributed by atoms with E-state index in [4.69, 9.17) is 4.74 Å². The summed E-state index contributed by atoms with van der Waals surface area (Å²) in [5, 5.41) is 6.24. The highest BCUT2D eigenvalue weighted by Gasteiger charge is 2.27. The lowest BCUT2D eigenvalue weighted by molar-refractivity contribution is -0.128. The number of hydrogen-bond acceptors (Lipinski definition) is 3. The normalized spacial score (nSPS) is 19.7. The van der Waals surface area contributed by atoms with Crippen molar-refractivity contribution < 1.29 is 14.3 Å². The zero-order valence-corrected chi connectivity index (χ0v) is 17.1. The van der Waals surface area contributed by atoms with Crippen LogP contribution in [0.25, 0.3) is 0 Å². The van der Waals surface area contributed by atoms with Gasteiger partial charge >= 0.3 is 6.03 Å². The number of amides is 3. The minimum atomic E-state index is -0.546. The van der Waals surface area contributed by atoms with Gasteiger partial charge in [0.1, 0.15) is 5.75 Å². The molecule has 0 aromatic heterocycles. The van der Waals surface area contributed by atoms with E-state index in [-0.39, 0.29) is 18.0 Å². The van der Waals surface area contributed by atoms with Gasteiger partial charge in [-0.2, -0.15) is 0 Å². The quantitative estimate of drug-likeness (QED) is 0.814. The van der Waals surface area contributed by atoms with E-state index in [2.05, 4.69) is 10.6 Å². The Hall–Kier alpha value is -2.24. The molecule has 0 radical (unpaired) electrons. The fourth-order valence-electron chi connectivity index (χ4n) is 3.93. The molecule has 6 nitrogen and oxygen atoms in total. The first kappa shape index (κ1) is 20.5. The van der Waals surface area contributed by atoms with E-state index in [0.29, 0.717) is 24.9 Å². The number of piperidine rings is 1. The van der Waals surface area contributed by atoms with Gasteiger partial charge in [0.15, 0.2) is 6.10 Å². The smallest absolute Gasteiger partial charge is 0.317 e. The summed E-state index contributed by atoms with van der Waals surface area (Å²) in [7, 11) is 0. The maximum atomic E-state index is 12.4. The van der Waals surface area contributed by atoms with Gasteiger partial charge < -0.3 is 20.3 Å². The first-order valence-corrected chi connectivity index (χ1v) is 10.6. The molecule has 1 aromatic carbocycles. The molecule has 6 heteroatoms. The van der Waals surface area contributed by atoms with Crippen LogP contribution in [0.2, 0.25) is 0 Å². The summed E-state index contributed by atoms with van der Waals surface area (Å²) < 4.78 is 5.73. The summed E-state index contributed by atoms with van der Waals surface area (Å²) in [6, 6.07) is 8.16. The number of aryl methyl sites for hydroxylation is 1. The van der Waals surface area contributed by atoms with Crippen LogP contribution >= 0.6 is 0 Å². The van der Waals surface area contributed by atoms with Crippen LogP contribution in [0, 0.1) is 6.92 Å². The van der Waals surface area contributed by atoms with Crippen molar-refractivity contribution in [1.29, 1.82) is 0 Å². The molecule has 1 aromatic rings. The van der Waals surface area contributed by atoms with Crippen LogP contribution in [0.3, 0.4) is 0 Å². The fraction of sp³-hybridized carbons (Fsp3) is 0.636. The Morgan fingerprint density at radius 1 is 0.964 bits per heavy atom. The molecule has 1 heterocycles. The zero-order valence-electron chi connectivity index (χ0n) is 17.1. The molecule has 1 atom stereocenters. The number of carbonyl (C=O) groups is 2. The second kappa shape index (κ2) is 9.80. The van der Waals surface area contributed by atoms with E-state index >= 15 is 0 Å². The minimum Gasteiger partial charge on any atom is -0.481 e. The van der Waals surface area contributed by atoms with E-state index in [9.17, 15) is 9.59 Å². The van der Waals surface area contributed by atoms with Crippen LogP contribution in [-0.2, 0) is 4.79 Å². The maximum Gasteiger partial charge on any atom is 0.317 e. The van der Waals surface area contributed by atoms with E-state index in [1.807, 2.05) is 36.1 Å². The Morgan fingerprint density at radius 3 is 2.21 bits per heavy atom. The SMILES string of the molecule is Cc1ccc(OC(C)C(=O)NC2CCN(C(=O)NC3CCCCC3)CC2)cc1. The van der Waals surface area contributed by atoms with Crippen LogP contribution in [0.15, 0.2) is 24.3 Å². The van der Waals surface area contributed by atoms with Gasteiger partial charge in [0.25, 0.3) is 5.91 Å². The summed E-state index contributed by atoms with van der Waals surface area (Å²) in [5.41, 5.74) is 1.16. The highest BCUT2D eigenvalue weighted by molar-refractivity contribution is 5.81. The summed E-state index contributed by atoms with van der Waals surface area (Å²) in [5.74, 6) is 0.591. The van der Waals surface area contributed by atoms with Gasteiger partial charge in [0, 0.05) is 25.2 Å². The summed E-state index contributed by atoms with van der Waals surface area (Å²) in [6.07, 6.45) is 6.90.